The molecule has 0 radical (unpaired) electrons. The van der Waals surface area contributed by atoms with E-state index in [2.05, 4.69) is 6.58 Å². The fourth-order valence-corrected chi connectivity index (χ4v) is 2.96. The summed E-state index contributed by atoms with van der Waals surface area (Å²) in [6.45, 7) is 3.64. The topological polar surface area (TPSA) is 57.6 Å². The number of aliphatic hydroxyl groups is 1. The van der Waals surface area contributed by atoms with Crippen LogP contribution in [0.4, 0.5) is 0 Å². The molecule has 0 aliphatic rings. The second-order valence-electron chi connectivity index (χ2n) is 3.61. The van der Waals surface area contributed by atoms with E-state index in [0.717, 1.165) is 5.56 Å². The van der Waals surface area contributed by atoms with Gasteiger partial charge in [0.05, 0.1) is 12.4 Å². The summed E-state index contributed by atoms with van der Waals surface area (Å²) >= 11 is 0. The number of benzene rings is 1. The lowest BCUT2D eigenvalue weighted by molar-refractivity contribution is 0.260. The molecule has 0 aromatic heterocycles. The van der Waals surface area contributed by atoms with Gasteiger partial charge in [-0.05, 0) is 5.56 Å². The predicted octanol–water partition coefficient (Wildman–Crippen LogP) is 0.997. The van der Waals surface area contributed by atoms with Crippen LogP contribution in [0, 0.1) is 0 Å². The molecule has 1 rings (SSSR count). The summed E-state index contributed by atoms with van der Waals surface area (Å²) in [7, 11) is -3.40. The minimum Gasteiger partial charge on any atom is -0.395 e. The third-order valence-corrected chi connectivity index (χ3v) is 4.08. The summed E-state index contributed by atoms with van der Waals surface area (Å²) in [5.41, 5.74) is 0.736. The maximum absolute atomic E-state index is 12.0. The average molecular weight is 255 g/mol. The Hall–Kier alpha value is -1.17. The second-order valence-corrected chi connectivity index (χ2v) is 5.58. The lowest BCUT2D eigenvalue weighted by atomic mass is 10.2. The van der Waals surface area contributed by atoms with Gasteiger partial charge in [0.15, 0.2) is 0 Å². The first-order valence-corrected chi connectivity index (χ1v) is 6.94. The van der Waals surface area contributed by atoms with Crippen molar-refractivity contribution < 1.29 is 13.5 Å². The highest BCUT2D eigenvalue weighted by Gasteiger charge is 2.20. The van der Waals surface area contributed by atoms with Crippen molar-refractivity contribution in [2.24, 2.45) is 0 Å². The maximum Gasteiger partial charge on any atom is 0.218 e. The number of rotatable bonds is 7. The SMILES string of the molecule is C=CCN(CCO)S(=O)(=O)Cc1ccccc1. The molecule has 0 bridgehead atoms. The Balaban J connectivity index is 2.82. The molecule has 0 saturated heterocycles. The highest BCUT2D eigenvalue weighted by Crippen LogP contribution is 2.10. The number of aliphatic hydroxyl groups excluding tert-OH is 1. The van der Waals surface area contributed by atoms with Crippen molar-refractivity contribution in [3.63, 3.8) is 0 Å². The Kier molecular flexibility index (Phi) is 5.34. The monoisotopic (exact) mass is 255 g/mol. The molecule has 94 valence electrons. The van der Waals surface area contributed by atoms with Crippen molar-refractivity contribution in [2.75, 3.05) is 19.7 Å². The normalized spacial score (nSPS) is 11.6. The molecule has 0 saturated carbocycles. The quantitative estimate of drug-likeness (QED) is 0.739. The van der Waals surface area contributed by atoms with Gasteiger partial charge in [-0.2, -0.15) is 4.31 Å². The molecule has 0 spiro atoms. The molecule has 1 N–H and O–H groups in total. The summed E-state index contributed by atoms with van der Waals surface area (Å²) in [5.74, 6) is -0.0539. The number of hydrogen-bond acceptors (Lipinski definition) is 3. The van der Waals surface area contributed by atoms with E-state index < -0.39 is 10.0 Å². The van der Waals surface area contributed by atoms with Gasteiger partial charge in [-0.1, -0.05) is 36.4 Å². The molecular formula is C12H17NO3S. The molecular weight excluding hydrogens is 238 g/mol. The van der Waals surface area contributed by atoms with Crippen molar-refractivity contribution >= 4 is 10.0 Å². The molecule has 5 heteroatoms. The third-order valence-electron chi connectivity index (χ3n) is 2.27. The number of hydrogen-bond donors (Lipinski definition) is 1. The van der Waals surface area contributed by atoms with E-state index >= 15 is 0 Å². The fraction of sp³-hybridized carbons (Fsp3) is 0.333. The van der Waals surface area contributed by atoms with Gasteiger partial charge in [0.1, 0.15) is 0 Å². The molecule has 0 unspecified atom stereocenters. The van der Waals surface area contributed by atoms with Gasteiger partial charge in [0.25, 0.3) is 0 Å². The lowest BCUT2D eigenvalue weighted by Crippen LogP contribution is -2.34. The van der Waals surface area contributed by atoms with E-state index in [-0.39, 0.29) is 25.4 Å². The van der Waals surface area contributed by atoms with E-state index in [1.54, 1.807) is 24.3 Å². The van der Waals surface area contributed by atoms with Gasteiger partial charge < -0.3 is 5.11 Å². The van der Waals surface area contributed by atoms with E-state index in [1.807, 2.05) is 6.07 Å². The zero-order valence-corrected chi connectivity index (χ0v) is 10.4. The highest BCUT2D eigenvalue weighted by atomic mass is 32.2. The molecule has 1 aromatic carbocycles. The van der Waals surface area contributed by atoms with Gasteiger partial charge in [0.2, 0.25) is 10.0 Å². The summed E-state index contributed by atoms with van der Waals surface area (Å²) < 4.78 is 25.3. The van der Waals surface area contributed by atoms with Crippen LogP contribution in [-0.2, 0) is 15.8 Å². The van der Waals surface area contributed by atoms with E-state index in [0.29, 0.717) is 0 Å². The number of nitrogens with zero attached hydrogens (tertiary/aromatic N) is 1. The lowest BCUT2D eigenvalue weighted by Gasteiger charge is -2.19. The Morgan fingerprint density at radius 3 is 2.47 bits per heavy atom. The molecule has 0 atom stereocenters. The Morgan fingerprint density at radius 1 is 1.29 bits per heavy atom. The van der Waals surface area contributed by atoms with Crippen LogP contribution < -0.4 is 0 Å². The third kappa shape index (κ3) is 4.30. The largest absolute Gasteiger partial charge is 0.395 e. The Morgan fingerprint density at radius 2 is 1.94 bits per heavy atom. The first-order chi connectivity index (χ1) is 8.10. The first kappa shape index (κ1) is 13.9. The van der Waals surface area contributed by atoms with Gasteiger partial charge in [0, 0.05) is 13.1 Å². The van der Waals surface area contributed by atoms with Gasteiger partial charge in [-0.25, -0.2) is 8.42 Å². The van der Waals surface area contributed by atoms with Crippen LogP contribution in [0.2, 0.25) is 0 Å². The van der Waals surface area contributed by atoms with Crippen molar-refractivity contribution in [3.05, 3.63) is 48.6 Å². The minimum atomic E-state index is -3.40. The van der Waals surface area contributed by atoms with E-state index in [1.165, 1.54) is 10.4 Å². The minimum absolute atomic E-state index is 0.0539. The molecule has 1 aromatic rings. The van der Waals surface area contributed by atoms with Gasteiger partial charge in [-0.15, -0.1) is 6.58 Å². The average Bonchev–Trinajstić information content (AvgIpc) is 2.29. The van der Waals surface area contributed by atoms with Gasteiger partial charge in [-0.3, -0.25) is 0 Å². The van der Waals surface area contributed by atoms with Crippen LogP contribution in [0.25, 0.3) is 0 Å². The van der Waals surface area contributed by atoms with Crippen LogP contribution in [0.3, 0.4) is 0 Å². The van der Waals surface area contributed by atoms with E-state index in [4.69, 9.17) is 5.11 Å². The van der Waals surface area contributed by atoms with E-state index in [9.17, 15) is 8.42 Å². The second kappa shape index (κ2) is 6.54. The smallest absolute Gasteiger partial charge is 0.218 e. The molecule has 0 heterocycles. The van der Waals surface area contributed by atoms with Crippen LogP contribution in [0.5, 0.6) is 0 Å². The summed E-state index contributed by atoms with van der Waals surface area (Å²) in [4.78, 5) is 0. The van der Waals surface area contributed by atoms with Crippen LogP contribution in [0.1, 0.15) is 5.56 Å². The standard InChI is InChI=1S/C12H17NO3S/c1-2-8-13(9-10-14)17(15,16)11-12-6-4-3-5-7-12/h2-7,14H,1,8-11H2. The fourth-order valence-electron chi connectivity index (χ4n) is 1.48. The molecule has 0 aliphatic carbocycles. The van der Waals surface area contributed by atoms with Crippen molar-refractivity contribution in [1.82, 2.24) is 4.31 Å². The zero-order chi connectivity index (χ0) is 12.7. The van der Waals surface area contributed by atoms with Crippen molar-refractivity contribution in [2.45, 2.75) is 5.75 Å². The van der Waals surface area contributed by atoms with Crippen molar-refractivity contribution in [1.29, 1.82) is 0 Å². The molecule has 0 fully saturated rings. The first-order valence-electron chi connectivity index (χ1n) is 5.33. The summed E-state index contributed by atoms with van der Waals surface area (Å²) in [6.07, 6.45) is 1.51. The Bertz CT molecular complexity index is 442. The molecule has 0 aliphatic heterocycles. The van der Waals surface area contributed by atoms with Gasteiger partial charge >= 0.3 is 0 Å². The molecule has 4 nitrogen and oxygen atoms in total. The summed E-state index contributed by atoms with van der Waals surface area (Å²) in [5, 5.41) is 8.85. The van der Waals surface area contributed by atoms with Crippen molar-refractivity contribution in [3.8, 4) is 0 Å². The molecule has 0 amide bonds. The summed E-state index contributed by atoms with van der Waals surface area (Å²) in [6, 6.07) is 8.97. The van der Waals surface area contributed by atoms with Crippen LogP contribution in [-0.4, -0.2) is 37.5 Å². The highest BCUT2D eigenvalue weighted by molar-refractivity contribution is 7.88. The van der Waals surface area contributed by atoms with Crippen LogP contribution >= 0.6 is 0 Å². The predicted molar refractivity (Wildman–Crippen MR) is 67.9 cm³/mol. The number of sulfonamides is 1. The van der Waals surface area contributed by atoms with Crippen LogP contribution in [0.15, 0.2) is 43.0 Å². The Labute approximate surface area is 102 Å². The molecule has 17 heavy (non-hydrogen) atoms. The zero-order valence-electron chi connectivity index (χ0n) is 9.62. The maximum atomic E-state index is 12.0.